The van der Waals surface area contributed by atoms with E-state index in [1.165, 1.54) is 24.5 Å². The van der Waals surface area contributed by atoms with Gasteiger partial charge in [0.2, 0.25) is 0 Å². The summed E-state index contributed by atoms with van der Waals surface area (Å²) in [5.74, 6) is -1.73. The van der Waals surface area contributed by atoms with E-state index >= 15 is 0 Å². The van der Waals surface area contributed by atoms with Gasteiger partial charge >= 0.3 is 0 Å². The third-order valence-electron chi connectivity index (χ3n) is 2.65. The molecule has 0 bridgehead atoms. The van der Waals surface area contributed by atoms with E-state index in [4.69, 9.17) is 0 Å². The standard InChI is InChI=1S/C15H15F2N3O/c1-9(2)19-15(21)10-6-11(8-18-7-10)20-14-12(16)4-3-5-13(14)17/h3-9,20H,1-2H3,(H,19,21). The predicted octanol–water partition coefficient (Wildman–Crippen LogP) is 3.24. The number of anilines is 2. The van der Waals surface area contributed by atoms with Gasteiger partial charge in [-0.1, -0.05) is 6.07 Å². The maximum Gasteiger partial charge on any atom is 0.253 e. The van der Waals surface area contributed by atoms with Crippen LogP contribution in [0.15, 0.2) is 36.7 Å². The van der Waals surface area contributed by atoms with Crippen LogP contribution in [-0.4, -0.2) is 16.9 Å². The van der Waals surface area contributed by atoms with E-state index in [-0.39, 0.29) is 17.6 Å². The zero-order valence-corrected chi connectivity index (χ0v) is 11.7. The Labute approximate surface area is 121 Å². The Morgan fingerprint density at radius 2 is 1.86 bits per heavy atom. The molecule has 1 amide bonds. The first-order valence-corrected chi connectivity index (χ1v) is 6.44. The van der Waals surface area contributed by atoms with Crippen molar-refractivity contribution in [1.82, 2.24) is 10.3 Å². The number of amides is 1. The summed E-state index contributed by atoms with van der Waals surface area (Å²) >= 11 is 0. The molecule has 1 aromatic heterocycles. The van der Waals surface area contributed by atoms with Gasteiger partial charge in [0, 0.05) is 12.2 Å². The van der Waals surface area contributed by atoms with E-state index in [1.54, 1.807) is 0 Å². The molecule has 0 unspecified atom stereocenters. The van der Waals surface area contributed by atoms with Crippen molar-refractivity contribution in [3.63, 3.8) is 0 Å². The maximum atomic E-state index is 13.6. The van der Waals surface area contributed by atoms with Gasteiger partial charge in [-0.2, -0.15) is 0 Å². The highest BCUT2D eigenvalue weighted by Gasteiger charge is 2.11. The van der Waals surface area contributed by atoms with Gasteiger partial charge in [0.15, 0.2) is 0 Å². The Morgan fingerprint density at radius 3 is 2.48 bits per heavy atom. The summed E-state index contributed by atoms with van der Waals surface area (Å²) in [4.78, 5) is 15.8. The Hall–Kier alpha value is -2.50. The minimum absolute atomic E-state index is 0.0156. The first kappa shape index (κ1) is 14.9. The van der Waals surface area contributed by atoms with E-state index in [1.807, 2.05) is 13.8 Å². The van der Waals surface area contributed by atoms with Crippen LogP contribution in [0.4, 0.5) is 20.2 Å². The average Bonchev–Trinajstić information content (AvgIpc) is 2.43. The van der Waals surface area contributed by atoms with E-state index in [0.717, 1.165) is 12.1 Å². The van der Waals surface area contributed by atoms with Crippen LogP contribution in [0.3, 0.4) is 0 Å². The number of pyridine rings is 1. The second-order valence-electron chi connectivity index (χ2n) is 4.81. The second-order valence-corrected chi connectivity index (χ2v) is 4.81. The van der Waals surface area contributed by atoms with Crippen LogP contribution in [0, 0.1) is 11.6 Å². The summed E-state index contributed by atoms with van der Waals surface area (Å²) in [5, 5.41) is 5.31. The number of nitrogens with zero attached hydrogens (tertiary/aromatic N) is 1. The maximum absolute atomic E-state index is 13.6. The first-order valence-electron chi connectivity index (χ1n) is 6.44. The van der Waals surface area contributed by atoms with Crippen molar-refractivity contribution in [1.29, 1.82) is 0 Å². The molecule has 1 heterocycles. The van der Waals surface area contributed by atoms with Crippen LogP contribution < -0.4 is 10.6 Å². The lowest BCUT2D eigenvalue weighted by Crippen LogP contribution is -2.30. The Bertz CT molecular complexity index is 639. The SMILES string of the molecule is CC(C)NC(=O)c1cncc(Nc2c(F)cccc2F)c1. The molecule has 0 saturated heterocycles. The number of hydrogen-bond donors (Lipinski definition) is 2. The fraction of sp³-hybridized carbons (Fsp3) is 0.200. The molecule has 4 nitrogen and oxygen atoms in total. The summed E-state index contributed by atoms with van der Waals surface area (Å²) in [6.07, 6.45) is 2.78. The Kier molecular flexibility index (Phi) is 4.47. The summed E-state index contributed by atoms with van der Waals surface area (Å²) in [7, 11) is 0. The monoisotopic (exact) mass is 291 g/mol. The summed E-state index contributed by atoms with van der Waals surface area (Å²) < 4.78 is 27.1. The van der Waals surface area contributed by atoms with Gasteiger partial charge in [0.25, 0.3) is 5.91 Å². The largest absolute Gasteiger partial charge is 0.350 e. The van der Waals surface area contributed by atoms with Crippen LogP contribution in [0.5, 0.6) is 0 Å². The third kappa shape index (κ3) is 3.75. The molecule has 21 heavy (non-hydrogen) atoms. The van der Waals surface area contributed by atoms with Gasteiger partial charge < -0.3 is 10.6 Å². The van der Waals surface area contributed by atoms with Crippen molar-refractivity contribution in [3.8, 4) is 0 Å². The number of benzene rings is 1. The molecular weight excluding hydrogens is 276 g/mol. The molecule has 2 aromatic rings. The number of carbonyl (C=O) groups excluding carboxylic acids is 1. The fourth-order valence-electron chi connectivity index (χ4n) is 1.74. The summed E-state index contributed by atoms with van der Waals surface area (Å²) in [6.45, 7) is 3.67. The van der Waals surface area contributed by atoms with Crippen molar-refractivity contribution in [2.24, 2.45) is 0 Å². The molecule has 6 heteroatoms. The van der Waals surface area contributed by atoms with Gasteiger partial charge in [-0.25, -0.2) is 8.78 Å². The third-order valence-corrected chi connectivity index (χ3v) is 2.65. The molecule has 1 aromatic carbocycles. The van der Waals surface area contributed by atoms with E-state index in [9.17, 15) is 13.6 Å². The lowest BCUT2D eigenvalue weighted by atomic mass is 10.2. The highest BCUT2D eigenvalue weighted by atomic mass is 19.1. The van der Waals surface area contributed by atoms with Gasteiger partial charge in [-0.05, 0) is 32.0 Å². The minimum atomic E-state index is -0.716. The zero-order valence-electron chi connectivity index (χ0n) is 11.7. The Balaban J connectivity index is 2.24. The topological polar surface area (TPSA) is 54.0 Å². The second kappa shape index (κ2) is 6.30. The molecular formula is C15H15F2N3O. The van der Waals surface area contributed by atoms with Crippen molar-refractivity contribution in [2.45, 2.75) is 19.9 Å². The predicted molar refractivity (Wildman–Crippen MR) is 76.5 cm³/mol. The smallest absolute Gasteiger partial charge is 0.253 e. The van der Waals surface area contributed by atoms with Gasteiger partial charge in [-0.15, -0.1) is 0 Å². The molecule has 0 radical (unpaired) electrons. The summed E-state index contributed by atoms with van der Waals surface area (Å²) in [5.41, 5.74) is 0.363. The van der Waals surface area contributed by atoms with Crippen LogP contribution >= 0.6 is 0 Å². The molecule has 0 fully saturated rings. The summed E-state index contributed by atoms with van der Waals surface area (Å²) in [6, 6.07) is 5.04. The molecule has 0 atom stereocenters. The molecule has 0 saturated carbocycles. The highest BCUT2D eigenvalue weighted by Crippen LogP contribution is 2.23. The molecule has 2 N–H and O–H groups in total. The number of hydrogen-bond acceptors (Lipinski definition) is 3. The number of aromatic nitrogens is 1. The van der Waals surface area contributed by atoms with E-state index < -0.39 is 11.6 Å². The van der Waals surface area contributed by atoms with Crippen molar-refractivity contribution in [2.75, 3.05) is 5.32 Å². The van der Waals surface area contributed by atoms with Gasteiger partial charge in [0.05, 0.1) is 17.4 Å². The number of carbonyl (C=O) groups is 1. The lowest BCUT2D eigenvalue weighted by molar-refractivity contribution is 0.0943. The van der Waals surface area contributed by atoms with Gasteiger partial charge in [0.1, 0.15) is 17.3 Å². The van der Waals surface area contributed by atoms with Crippen molar-refractivity contribution < 1.29 is 13.6 Å². The lowest BCUT2D eigenvalue weighted by Gasteiger charge is -2.11. The number of para-hydroxylation sites is 1. The van der Waals surface area contributed by atoms with Gasteiger partial charge in [-0.3, -0.25) is 9.78 Å². The normalized spacial score (nSPS) is 10.5. The number of rotatable bonds is 4. The quantitative estimate of drug-likeness (QED) is 0.909. The van der Waals surface area contributed by atoms with Crippen LogP contribution in [0.25, 0.3) is 0 Å². The molecule has 0 aliphatic heterocycles. The van der Waals surface area contributed by atoms with Crippen LogP contribution in [-0.2, 0) is 0 Å². The Morgan fingerprint density at radius 1 is 1.19 bits per heavy atom. The highest BCUT2D eigenvalue weighted by molar-refractivity contribution is 5.95. The van der Waals surface area contributed by atoms with Crippen molar-refractivity contribution in [3.05, 3.63) is 53.9 Å². The average molecular weight is 291 g/mol. The number of nitrogens with one attached hydrogen (secondary N) is 2. The fourth-order valence-corrected chi connectivity index (χ4v) is 1.74. The molecule has 0 spiro atoms. The first-order chi connectivity index (χ1) is 9.97. The van der Waals surface area contributed by atoms with E-state index in [0.29, 0.717) is 11.3 Å². The number of halogens is 2. The molecule has 2 rings (SSSR count). The van der Waals surface area contributed by atoms with E-state index in [2.05, 4.69) is 15.6 Å². The van der Waals surface area contributed by atoms with Crippen LogP contribution in [0.1, 0.15) is 24.2 Å². The van der Waals surface area contributed by atoms with Crippen LogP contribution in [0.2, 0.25) is 0 Å². The zero-order chi connectivity index (χ0) is 15.4. The molecule has 0 aliphatic rings. The van der Waals surface area contributed by atoms with Crippen molar-refractivity contribution >= 4 is 17.3 Å². The molecule has 0 aliphatic carbocycles. The molecule has 110 valence electrons. The minimum Gasteiger partial charge on any atom is -0.350 e.